The minimum absolute atomic E-state index is 0.218. The fraction of sp³-hybridized carbons (Fsp3) is 0.875. The Balaban J connectivity index is 2.71. The lowest BCUT2D eigenvalue weighted by molar-refractivity contribution is -0.142. The summed E-state index contributed by atoms with van der Waals surface area (Å²) in [6.45, 7) is -1.08. The van der Waals surface area contributed by atoms with E-state index in [4.69, 9.17) is 22.1 Å². The largest absolute Gasteiger partial charge is 0.394 e. The third kappa shape index (κ3) is 2.83. The van der Waals surface area contributed by atoms with Crippen LogP contribution in [0.4, 0.5) is 0 Å². The number of aliphatic hydroxyl groups is 4. The highest BCUT2D eigenvalue weighted by Gasteiger charge is 2.54. The third-order valence-corrected chi connectivity index (χ3v) is 2.88. The van der Waals surface area contributed by atoms with Gasteiger partial charge in [0.15, 0.2) is 10.8 Å². The van der Waals surface area contributed by atoms with Crippen LogP contribution in [-0.4, -0.2) is 69.8 Å². The van der Waals surface area contributed by atoms with Crippen molar-refractivity contribution in [2.75, 3.05) is 20.3 Å². The Morgan fingerprint density at radius 1 is 1.41 bits per heavy atom. The van der Waals surface area contributed by atoms with Gasteiger partial charge < -0.3 is 30.5 Å². The van der Waals surface area contributed by atoms with Crippen molar-refractivity contribution in [3.05, 3.63) is 0 Å². The summed E-state index contributed by atoms with van der Waals surface area (Å²) in [4.78, 5) is 0. The summed E-state index contributed by atoms with van der Waals surface area (Å²) < 4.78 is 5.21. The molecule has 1 aliphatic heterocycles. The van der Waals surface area contributed by atoms with Crippen LogP contribution in [0.3, 0.4) is 0 Å². The van der Waals surface area contributed by atoms with Crippen LogP contribution in [0.2, 0.25) is 0 Å². The normalized spacial score (nSPS) is 36.9. The minimum Gasteiger partial charge on any atom is -0.394 e. The quantitative estimate of drug-likeness (QED) is 0.204. The monoisotopic (exact) mass is 267 g/mol. The van der Waals surface area contributed by atoms with Gasteiger partial charge in [-0.2, -0.15) is 5.43 Å². The first kappa shape index (κ1) is 14.5. The molecule has 1 heterocycles. The molecule has 1 fully saturated rings. The SMILES string of the molecule is CNC(=S)NN[C@@]1(CO)O[C@@H](CO)[C@@H](O)[C@@H]1O. The number of aliphatic hydroxyl groups excluding tert-OH is 4. The van der Waals surface area contributed by atoms with E-state index < -0.39 is 37.3 Å². The van der Waals surface area contributed by atoms with E-state index in [1.54, 1.807) is 7.05 Å². The van der Waals surface area contributed by atoms with Crippen LogP contribution in [0.1, 0.15) is 0 Å². The molecule has 9 heteroatoms. The van der Waals surface area contributed by atoms with E-state index in [0.29, 0.717) is 0 Å². The lowest BCUT2D eigenvalue weighted by Gasteiger charge is -2.31. The Kier molecular flexibility index (Phi) is 5.01. The molecule has 0 bridgehead atoms. The van der Waals surface area contributed by atoms with Gasteiger partial charge in [-0.1, -0.05) is 0 Å². The Morgan fingerprint density at radius 2 is 2.06 bits per heavy atom. The van der Waals surface area contributed by atoms with Crippen LogP contribution in [0.15, 0.2) is 0 Å². The van der Waals surface area contributed by atoms with Crippen molar-refractivity contribution in [2.45, 2.75) is 24.0 Å². The molecule has 0 saturated carbocycles. The molecule has 0 unspecified atom stereocenters. The number of ether oxygens (including phenoxy) is 1. The molecule has 7 N–H and O–H groups in total. The molecule has 4 atom stereocenters. The summed E-state index contributed by atoms with van der Waals surface area (Å²) in [6.07, 6.45) is -3.68. The fourth-order valence-electron chi connectivity index (χ4n) is 1.53. The van der Waals surface area contributed by atoms with E-state index in [9.17, 15) is 15.3 Å². The fourth-order valence-corrected chi connectivity index (χ4v) is 1.58. The summed E-state index contributed by atoms with van der Waals surface area (Å²) in [5.74, 6) is 0. The second-order valence-electron chi connectivity index (χ2n) is 3.65. The van der Waals surface area contributed by atoms with E-state index in [-0.39, 0.29) is 5.11 Å². The van der Waals surface area contributed by atoms with Crippen molar-refractivity contribution in [3.63, 3.8) is 0 Å². The maximum atomic E-state index is 9.78. The molecule has 0 aromatic heterocycles. The van der Waals surface area contributed by atoms with Crippen LogP contribution in [0.5, 0.6) is 0 Å². The summed E-state index contributed by atoms with van der Waals surface area (Å²) >= 11 is 4.80. The van der Waals surface area contributed by atoms with Gasteiger partial charge in [-0.25, -0.2) is 0 Å². The smallest absolute Gasteiger partial charge is 0.187 e. The number of thiocarbonyl (C=S) groups is 1. The standard InChI is InChI=1S/C8H17N3O5S/c1-9-7(17)10-11-8(3-13)6(15)5(14)4(2-12)16-8/h4-6,11-15H,2-3H2,1H3,(H2,9,10,17)/t4-,5+,6-,8-/m0/s1. The van der Waals surface area contributed by atoms with Crippen molar-refractivity contribution in [1.29, 1.82) is 0 Å². The molecule has 0 aliphatic carbocycles. The summed E-state index contributed by atoms with van der Waals surface area (Å²) in [7, 11) is 1.58. The first-order chi connectivity index (χ1) is 8.00. The highest BCUT2D eigenvalue weighted by molar-refractivity contribution is 7.80. The van der Waals surface area contributed by atoms with Crippen LogP contribution in [-0.2, 0) is 4.74 Å². The van der Waals surface area contributed by atoms with Crippen LogP contribution >= 0.6 is 12.2 Å². The minimum atomic E-state index is -1.62. The number of hydrazine groups is 1. The first-order valence-corrected chi connectivity index (χ1v) is 5.42. The van der Waals surface area contributed by atoms with Gasteiger partial charge in [0.2, 0.25) is 0 Å². The van der Waals surface area contributed by atoms with Crippen molar-refractivity contribution < 1.29 is 25.2 Å². The molecular weight excluding hydrogens is 250 g/mol. The average molecular weight is 267 g/mol. The summed E-state index contributed by atoms with van der Waals surface area (Å²) in [6, 6.07) is 0. The number of hydrogen-bond donors (Lipinski definition) is 7. The van der Waals surface area contributed by atoms with Crippen LogP contribution in [0, 0.1) is 0 Å². The highest BCUT2D eigenvalue weighted by atomic mass is 32.1. The van der Waals surface area contributed by atoms with Gasteiger partial charge >= 0.3 is 0 Å². The molecule has 17 heavy (non-hydrogen) atoms. The van der Waals surface area contributed by atoms with Crippen molar-refractivity contribution in [2.24, 2.45) is 0 Å². The van der Waals surface area contributed by atoms with Gasteiger partial charge in [-0.15, -0.1) is 0 Å². The average Bonchev–Trinajstić information content (AvgIpc) is 2.60. The predicted octanol–water partition coefficient (Wildman–Crippen LogP) is -3.61. The topological polar surface area (TPSA) is 126 Å². The second kappa shape index (κ2) is 5.87. The maximum absolute atomic E-state index is 9.78. The van der Waals surface area contributed by atoms with Gasteiger partial charge in [0.05, 0.1) is 13.2 Å². The number of hydrogen-bond acceptors (Lipinski definition) is 7. The number of rotatable bonds is 4. The van der Waals surface area contributed by atoms with Gasteiger partial charge in [0.1, 0.15) is 18.3 Å². The molecule has 100 valence electrons. The maximum Gasteiger partial charge on any atom is 0.187 e. The zero-order valence-corrected chi connectivity index (χ0v) is 10.1. The predicted molar refractivity (Wildman–Crippen MR) is 61.7 cm³/mol. The van der Waals surface area contributed by atoms with E-state index in [1.807, 2.05) is 0 Å². The Bertz CT molecular complexity index is 282. The van der Waals surface area contributed by atoms with Crippen molar-refractivity contribution in [1.82, 2.24) is 16.2 Å². The first-order valence-electron chi connectivity index (χ1n) is 5.01. The molecule has 0 aromatic rings. The van der Waals surface area contributed by atoms with Gasteiger partial charge in [0.25, 0.3) is 0 Å². The van der Waals surface area contributed by atoms with Gasteiger partial charge in [0, 0.05) is 7.05 Å². The van der Waals surface area contributed by atoms with Crippen molar-refractivity contribution >= 4 is 17.3 Å². The van der Waals surface area contributed by atoms with Crippen LogP contribution in [0.25, 0.3) is 0 Å². The zero-order chi connectivity index (χ0) is 13.1. The summed E-state index contributed by atoms with van der Waals surface area (Å²) in [5.41, 5.74) is 3.37. The Hall–Kier alpha value is -0.550. The Morgan fingerprint density at radius 3 is 2.47 bits per heavy atom. The van der Waals surface area contributed by atoms with Crippen LogP contribution < -0.4 is 16.2 Å². The molecule has 0 radical (unpaired) electrons. The molecule has 1 rings (SSSR count). The lowest BCUT2D eigenvalue weighted by atomic mass is 10.0. The number of nitrogens with one attached hydrogen (secondary N) is 3. The molecule has 0 amide bonds. The molecule has 1 aliphatic rings. The molecule has 0 aromatic carbocycles. The molecule has 0 spiro atoms. The third-order valence-electron chi connectivity index (χ3n) is 2.57. The molecular formula is C8H17N3O5S. The van der Waals surface area contributed by atoms with Gasteiger partial charge in [-0.05, 0) is 12.2 Å². The van der Waals surface area contributed by atoms with E-state index in [2.05, 4.69) is 16.2 Å². The molecule has 8 nitrogen and oxygen atoms in total. The van der Waals surface area contributed by atoms with E-state index >= 15 is 0 Å². The summed E-state index contributed by atoms with van der Waals surface area (Å²) in [5, 5.41) is 40.4. The van der Waals surface area contributed by atoms with E-state index in [0.717, 1.165) is 0 Å². The lowest BCUT2D eigenvalue weighted by Crippen LogP contribution is -2.63. The highest BCUT2D eigenvalue weighted by Crippen LogP contribution is 2.28. The zero-order valence-electron chi connectivity index (χ0n) is 9.25. The van der Waals surface area contributed by atoms with Crippen molar-refractivity contribution in [3.8, 4) is 0 Å². The van der Waals surface area contributed by atoms with E-state index in [1.165, 1.54) is 0 Å². The Labute approximate surface area is 104 Å². The molecule has 1 saturated heterocycles. The second-order valence-corrected chi connectivity index (χ2v) is 4.06. The van der Waals surface area contributed by atoms with Gasteiger partial charge in [-0.3, -0.25) is 5.43 Å².